The topological polar surface area (TPSA) is 29.5 Å². The van der Waals surface area contributed by atoms with Crippen LogP contribution in [0.25, 0.3) is 0 Å². The standard InChI is InChI=1S/C11H12Cl2O2/c12-9-3-1-2-8(10(9)13)6-11(14)4-5-15-7-11/h1-3,14H,4-7H2. The van der Waals surface area contributed by atoms with Crippen LogP contribution in [0, 0.1) is 0 Å². The summed E-state index contributed by atoms with van der Waals surface area (Å²) in [7, 11) is 0. The lowest BCUT2D eigenvalue weighted by Crippen LogP contribution is -2.31. The zero-order chi connectivity index (χ0) is 10.9. The van der Waals surface area contributed by atoms with Crippen LogP contribution in [0.15, 0.2) is 18.2 Å². The Labute approximate surface area is 98.8 Å². The van der Waals surface area contributed by atoms with Crippen LogP contribution in [0.1, 0.15) is 12.0 Å². The summed E-state index contributed by atoms with van der Waals surface area (Å²) in [5, 5.41) is 11.2. The lowest BCUT2D eigenvalue weighted by Gasteiger charge is -2.21. The molecule has 0 radical (unpaired) electrons. The second kappa shape index (κ2) is 4.30. The minimum absolute atomic E-state index is 0.371. The second-order valence-electron chi connectivity index (χ2n) is 3.92. The number of hydrogen-bond acceptors (Lipinski definition) is 2. The highest BCUT2D eigenvalue weighted by atomic mass is 35.5. The molecule has 1 aliphatic heterocycles. The molecule has 15 heavy (non-hydrogen) atoms. The Bertz CT molecular complexity index is 360. The summed E-state index contributed by atoms with van der Waals surface area (Å²) in [6, 6.07) is 5.45. The Morgan fingerprint density at radius 1 is 1.40 bits per heavy atom. The first-order valence-electron chi connectivity index (χ1n) is 4.84. The third-order valence-corrected chi connectivity index (χ3v) is 3.49. The van der Waals surface area contributed by atoms with Crippen molar-refractivity contribution in [2.24, 2.45) is 0 Å². The molecule has 0 spiro atoms. The van der Waals surface area contributed by atoms with Crippen LogP contribution in [0.4, 0.5) is 0 Å². The van der Waals surface area contributed by atoms with Gasteiger partial charge in [-0.25, -0.2) is 0 Å². The Morgan fingerprint density at radius 2 is 2.20 bits per heavy atom. The molecule has 1 aromatic rings. The third-order valence-electron chi connectivity index (χ3n) is 2.63. The van der Waals surface area contributed by atoms with E-state index >= 15 is 0 Å². The number of benzene rings is 1. The van der Waals surface area contributed by atoms with Crippen molar-refractivity contribution in [1.29, 1.82) is 0 Å². The lowest BCUT2D eigenvalue weighted by atomic mass is 9.94. The van der Waals surface area contributed by atoms with Crippen LogP contribution in [-0.4, -0.2) is 23.9 Å². The van der Waals surface area contributed by atoms with E-state index in [2.05, 4.69) is 0 Å². The highest BCUT2D eigenvalue weighted by Gasteiger charge is 2.33. The molecule has 1 heterocycles. The largest absolute Gasteiger partial charge is 0.387 e. The molecular formula is C11H12Cl2O2. The normalized spacial score (nSPS) is 25.8. The van der Waals surface area contributed by atoms with Crippen LogP contribution in [-0.2, 0) is 11.2 Å². The summed E-state index contributed by atoms with van der Waals surface area (Å²) in [5.74, 6) is 0. The van der Waals surface area contributed by atoms with Gasteiger partial charge in [0.15, 0.2) is 0 Å². The molecule has 2 nitrogen and oxygen atoms in total. The fraction of sp³-hybridized carbons (Fsp3) is 0.455. The number of hydrogen-bond donors (Lipinski definition) is 1. The maximum absolute atomic E-state index is 10.1. The molecule has 1 unspecified atom stereocenters. The maximum Gasteiger partial charge on any atom is 0.0942 e. The molecule has 82 valence electrons. The van der Waals surface area contributed by atoms with Gasteiger partial charge in [-0.05, 0) is 11.6 Å². The molecule has 0 aromatic heterocycles. The first-order chi connectivity index (χ1) is 7.11. The molecular weight excluding hydrogens is 235 g/mol. The molecule has 1 atom stereocenters. The quantitative estimate of drug-likeness (QED) is 0.870. The summed E-state index contributed by atoms with van der Waals surface area (Å²) >= 11 is 11.9. The Morgan fingerprint density at radius 3 is 2.87 bits per heavy atom. The summed E-state index contributed by atoms with van der Waals surface area (Å²) in [5.41, 5.74) is 0.0890. The van der Waals surface area contributed by atoms with Gasteiger partial charge in [0.05, 0.1) is 22.3 Å². The van der Waals surface area contributed by atoms with Crippen LogP contribution in [0.2, 0.25) is 10.0 Å². The highest BCUT2D eigenvalue weighted by molar-refractivity contribution is 6.42. The predicted octanol–water partition coefficient (Wildman–Crippen LogP) is 2.69. The molecule has 0 saturated carbocycles. The third kappa shape index (κ3) is 2.45. The van der Waals surface area contributed by atoms with Gasteiger partial charge in [-0.1, -0.05) is 35.3 Å². The van der Waals surface area contributed by atoms with Crippen molar-refractivity contribution in [3.63, 3.8) is 0 Å². The number of aliphatic hydroxyl groups is 1. The zero-order valence-electron chi connectivity index (χ0n) is 8.17. The van der Waals surface area contributed by atoms with Crippen molar-refractivity contribution >= 4 is 23.2 Å². The van der Waals surface area contributed by atoms with Gasteiger partial charge < -0.3 is 9.84 Å². The Kier molecular flexibility index (Phi) is 3.21. The maximum atomic E-state index is 10.1. The fourth-order valence-electron chi connectivity index (χ4n) is 1.78. The molecule has 4 heteroatoms. The highest BCUT2D eigenvalue weighted by Crippen LogP contribution is 2.31. The summed E-state index contributed by atoms with van der Waals surface area (Å²) in [4.78, 5) is 0. The minimum Gasteiger partial charge on any atom is -0.387 e. The van der Waals surface area contributed by atoms with Crippen molar-refractivity contribution in [1.82, 2.24) is 0 Å². The Balaban J connectivity index is 2.20. The lowest BCUT2D eigenvalue weighted by molar-refractivity contribution is 0.0271. The van der Waals surface area contributed by atoms with Gasteiger partial charge in [0, 0.05) is 19.4 Å². The van der Waals surface area contributed by atoms with Crippen LogP contribution < -0.4 is 0 Å². The molecule has 1 N–H and O–H groups in total. The van der Waals surface area contributed by atoms with Crippen molar-refractivity contribution in [2.75, 3.05) is 13.2 Å². The first-order valence-corrected chi connectivity index (χ1v) is 5.59. The van der Waals surface area contributed by atoms with Crippen molar-refractivity contribution in [3.05, 3.63) is 33.8 Å². The van der Waals surface area contributed by atoms with Gasteiger partial charge in [0.2, 0.25) is 0 Å². The monoisotopic (exact) mass is 246 g/mol. The molecule has 0 amide bonds. The van der Waals surface area contributed by atoms with Crippen molar-refractivity contribution < 1.29 is 9.84 Å². The van der Waals surface area contributed by atoms with Gasteiger partial charge >= 0.3 is 0 Å². The zero-order valence-corrected chi connectivity index (χ0v) is 9.68. The minimum atomic E-state index is -0.783. The van der Waals surface area contributed by atoms with Gasteiger partial charge in [0.25, 0.3) is 0 Å². The smallest absolute Gasteiger partial charge is 0.0942 e. The van der Waals surface area contributed by atoms with E-state index in [1.165, 1.54) is 0 Å². The van der Waals surface area contributed by atoms with E-state index in [9.17, 15) is 5.11 Å². The van der Waals surface area contributed by atoms with Gasteiger partial charge in [0.1, 0.15) is 0 Å². The molecule has 0 bridgehead atoms. The van der Waals surface area contributed by atoms with E-state index in [1.54, 1.807) is 6.07 Å². The van der Waals surface area contributed by atoms with Gasteiger partial charge in [-0.3, -0.25) is 0 Å². The molecule has 1 aliphatic rings. The van der Waals surface area contributed by atoms with E-state index in [0.29, 0.717) is 36.1 Å². The molecule has 1 aromatic carbocycles. The summed E-state index contributed by atoms with van der Waals surface area (Å²) in [6.07, 6.45) is 1.14. The van der Waals surface area contributed by atoms with Crippen LogP contribution in [0.3, 0.4) is 0 Å². The number of ether oxygens (including phenoxy) is 1. The summed E-state index contributed by atoms with van der Waals surface area (Å²) in [6.45, 7) is 0.977. The van der Waals surface area contributed by atoms with Gasteiger partial charge in [-0.15, -0.1) is 0 Å². The number of halogens is 2. The van der Waals surface area contributed by atoms with Crippen molar-refractivity contribution in [3.8, 4) is 0 Å². The summed E-state index contributed by atoms with van der Waals surface area (Å²) < 4.78 is 5.18. The second-order valence-corrected chi connectivity index (χ2v) is 4.70. The number of rotatable bonds is 2. The van der Waals surface area contributed by atoms with Crippen LogP contribution in [0.5, 0.6) is 0 Å². The van der Waals surface area contributed by atoms with Crippen molar-refractivity contribution in [2.45, 2.75) is 18.4 Å². The first kappa shape index (κ1) is 11.2. The predicted molar refractivity (Wildman–Crippen MR) is 60.6 cm³/mol. The Hall–Kier alpha value is -0.280. The van der Waals surface area contributed by atoms with Crippen LogP contribution >= 0.6 is 23.2 Å². The van der Waals surface area contributed by atoms with E-state index < -0.39 is 5.60 Å². The van der Waals surface area contributed by atoms with E-state index in [4.69, 9.17) is 27.9 Å². The van der Waals surface area contributed by atoms with E-state index in [1.807, 2.05) is 12.1 Å². The molecule has 1 saturated heterocycles. The van der Waals surface area contributed by atoms with E-state index in [-0.39, 0.29) is 0 Å². The molecule has 2 rings (SSSR count). The average molecular weight is 247 g/mol. The fourth-order valence-corrected chi connectivity index (χ4v) is 2.16. The molecule has 1 fully saturated rings. The molecule has 0 aliphatic carbocycles. The van der Waals surface area contributed by atoms with E-state index in [0.717, 1.165) is 5.56 Å². The SMILES string of the molecule is OC1(Cc2cccc(Cl)c2Cl)CCOC1. The van der Waals surface area contributed by atoms with Gasteiger partial charge in [-0.2, -0.15) is 0 Å². The average Bonchev–Trinajstić information content (AvgIpc) is 2.60.